The van der Waals surface area contributed by atoms with Gasteiger partial charge in [0.05, 0.1) is 30.9 Å². The van der Waals surface area contributed by atoms with Crippen LogP contribution in [-0.4, -0.2) is 51.1 Å². The predicted octanol–water partition coefficient (Wildman–Crippen LogP) is 1.18. The van der Waals surface area contributed by atoms with E-state index >= 15 is 0 Å². The van der Waals surface area contributed by atoms with Gasteiger partial charge in [-0.25, -0.2) is 8.42 Å². The maximum atomic E-state index is 11.5. The molecule has 0 aromatic carbocycles. The SMILES string of the molecule is CN=C(NCc1ncc(C)c(OC)c1C)NC1CCS(=O)(=O)C1.I. The second kappa shape index (κ2) is 8.84. The lowest BCUT2D eigenvalue weighted by Crippen LogP contribution is -2.43. The molecule has 1 fully saturated rings. The first-order valence-corrected chi connectivity index (χ1v) is 9.35. The highest BCUT2D eigenvalue weighted by Crippen LogP contribution is 2.23. The molecule has 1 unspecified atom stereocenters. The van der Waals surface area contributed by atoms with Crippen LogP contribution in [0.3, 0.4) is 0 Å². The van der Waals surface area contributed by atoms with Crippen molar-refractivity contribution in [3.05, 3.63) is 23.0 Å². The van der Waals surface area contributed by atoms with Crippen LogP contribution in [0.15, 0.2) is 11.2 Å². The number of rotatable bonds is 4. The minimum absolute atomic E-state index is 0. The van der Waals surface area contributed by atoms with Gasteiger partial charge in [-0.15, -0.1) is 24.0 Å². The molecular formula is C15H25IN4O3S. The molecule has 0 bridgehead atoms. The molecule has 1 aromatic rings. The lowest BCUT2D eigenvalue weighted by molar-refractivity contribution is 0.406. The van der Waals surface area contributed by atoms with Crippen LogP contribution in [0.2, 0.25) is 0 Å². The zero-order chi connectivity index (χ0) is 17.0. The zero-order valence-electron chi connectivity index (χ0n) is 14.4. The number of nitrogens with one attached hydrogen (secondary N) is 2. The molecule has 0 radical (unpaired) electrons. The van der Waals surface area contributed by atoms with Crippen molar-refractivity contribution < 1.29 is 13.2 Å². The van der Waals surface area contributed by atoms with Crippen molar-refractivity contribution in [2.24, 2.45) is 4.99 Å². The first-order chi connectivity index (χ1) is 10.9. The molecule has 1 atom stereocenters. The molecule has 0 saturated carbocycles. The fraction of sp³-hybridized carbons (Fsp3) is 0.600. The van der Waals surface area contributed by atoms with E-state index < -0.39 is 9.84 Å². The summed E-state index contributed by atoms with van der Waals surface area (Å²) >= 11 is 0. The van der Waals surface area contributed by atoms with Gasteiger partial charge in [-0.3, -0.25) is 9.98 Å². The molecule has 136 valence electrons. The Bertz CT molecular complexity index is 707. The van der Waals surface area contributed by atoms with Gasteiger partial charge in [-0.2, -0.15) is 0 Å². The van der Waals surface area contributed by atoms with E-state index in [4.69, 9.17) is 4.74 Å². The van der Waals surface area contributed by atoms with Crippen molar-refractivity contribution in [3.63, 3.8) is 0 Å². The minimum Gasteiger partial charge on any atom is -0.496 e. The van der Waals surface area contributed by atoms with Gasteiger partial charge in [-0.05, 0) is 20.3 Å². The number of nitrogens with zero attached hydrogens (tertiary/aromatic N) is 2. The summed E-state index contributed by atoms with van der Waals surface area (Å²) in [5, 5.41) is 6.33. The molecule has 24 heavy (non-hydrogen) atoms. The molecule has 1 aliphatic heterocycles. The molecule has 9 heteroatoms. The van der Waals surface area contributed by atoms with Crippen molar-refractivity contribution in [1.29, 1.82) is 0 Å². The monoisotopic (exact) mass is 468 g/mol. The Morgan fingerprint density at radius 1 is 1.46 bits per heavy atom. The number of aryl methyl sites for hydroxylation is 1. The van der Waals surface area contributed by atoms with E-state index in [2.05, 4.69) is 20.6 Å². The number of halogens is 1. The third-order valence-corrected chi connectivity index (χ3v) is 5.74. The zero-order valence-corrected chi connectivity index (χ0v) is 17.6. The summed E-state index contributed by atoms with van der Waals surface area (Å²) in [5.74, 6) is 1.80. The number of aromatic nitrogens is 1. The van der Waals surface area contributed by atoms with Crippen molar-refractivity contribution in [1.82, 2.24) is 15.6 Å². The number of pyridine rings is 1. The first kappa shape index (κ1) is 20.9. The minimum atomic E-state index is -2.91. The molecule has 2 rings (SSSR count). The summed E-state index contributed by atoms with van der Waals surface area (Å²) in [6.07, 6.45) is 2.39. The Kier molecular flexibility index (Phi) is 7.71. The third-order valence-electron chi connectivity index (χ3n) is 3.97. The maximum Gasteiger partial charge on any atom is 0.191 e. The number of hydrogen-bond donors (Lipinski definition) is 2. The van der Waals surface area contributed by atoms with Gasteiger partial charge < -0.3 is 15.4 Å². The van der Waals surface area contributed by atoms with Crippen LogP contribution < -0.4 is 15.4 Å². The average molecular weight is 468 g/mol. The van der Waals surface area contributed by atoms with E-state index in [0.717, 1.165) is 22.6 Å². The van der Waals surface area contributed by atoms with Crippen molar-refractivity contribution in [2.45, 2.75) is 32.9 Å². The Balaban J connectivity index is 0.00000288. The van der Waals surface area contributed by atoms with Gasteiger partial charge in [0.2, 0.25) is 0 Å². The highest BCUT2D eigenvalue weighted by Gasteiger charge is 2.28. The molecule has 2 heterocycles. The van der Waals surface area contributed by atoms with Crippen LogP contribution in [0.1, 0.15) is 23.2 Å². The second-order valence-electron chi connectivity index (χ2n) is 5.72. The first-order valence-electron chi connectivity index (χ1n) is 7.53. The van der Waals surface area contributed by atoms with Crippen LogP contribution in [0.5, 0.6) is 5.75 Å². The summed E-state index contributed by atoms with van der Waals surface area (Å²) in [6, 6.07) is -0.0900. The van der Waals surface area contributed by atoms with Gasteiger partial charge in [0.25, 0.3) is 0 Å². The number of methoxy groups -OCH3 is 1. The molecule has 1 saturated heterocycles. The van der Waals surface area contributed by atoms with Gasteiger partial charge >= 0.3 is 0 Å². The Morgan fingerprint density at radius 3 is 2.71 bits per heavy atom. The third kappa shape index (κ3) is 5.20. The standard InChI is InChI=1S/C15H24N4O3S.HI/c1-10-7-17-13(11(2)14(10)22-4)8-18-15(16-3)19-12-5-6-23(20,21)9-12;/h7,12H,5-6,8-9H2,1-4H3,(H2,16,18,19);1H. The largest absolute Gasteiger partial charge is 0.496 e. The summed E-state index contributed by atoms with van der Waals surface area (Å²) in [6.45, 7) is 4.41. The molecule has 7 nitrogen and oxygen atoms in total. The van der Waals surface area contributed by atoms with Gasteiger partial charge in [-0.1, -0.05) is 0 Å². The van der Waals surface area contributed by atoms with E-state index in [1.165, 1.54) is 0 Å². The number of ether oxygens (including phenoxy) is 1. The fourth-order valence-corrected chi connectivity index (χ4v) is 4.39. The summed E-state index contributed by atoms with van der Waals surface area (Å²) < 4.78 is 28.4. The van der Waals surface area contributed by atoms with Crippen LogP contribution in [0.4, 0.5) is 0 Å². The second-order valence-corrected chi connectivity index (χ2v) is 7.94. The van der Waals surface area contributed by atoms with E-state index in [-0.39, 0.29) is 41.5 Å². The quantitative estimate of drug-likeness (QED) is 0.392. The van der Waals surface area contributed by atoms with E-state index in [0.29, 0.717) is 18.9 Å². The van der Waals surface area contributed by atoms with Crippen LogP contribution in [0, 0.1) is 13.8 Å². The predicted molar refractivity (Wildman–Crippen MR) is 106 cm³/mol. The highest BCUT2D eigenvalue weighted by atomic mass is 127. The van der Waals surface area contributed by atoms with Crippen molar-refractivity contribution in [2.75, 3.05) is 25.7 Å². The molecular weight excluding hydrogens is 443 g/mol. The molecule has 0 aliphatic carbocycles. The number of guanidine groups is 1. The number of hydrogen-bond acceptors (Lipinski definition) is 5. The van der Waals surface area contributed by atoms with Gasteiger partial charge in [0.1, 0.15) is 5.75 Å². The van der Waals surface area contributed by atoms with E-state index in [1.807, 2.05) is 13.8 Å². The van der Waals surface area contributed by atoms with Gasteiger partial charge in [0, 0.05) is 30.4 Å². The molecule has 0 amide bonds. The summed E-state index contributed by atoms with van der Waals surface area (Å²) in [4.78, 5) is 8.57. The van der Waals surface area contributed by atoms with Crippen molar-refractivity contribution >= 4 is 39.8 Å². The number of aliphatic imine (C=N–C) groups is 1. The summed E-state index contributed by atoms with van der Waals surface area (Å²) in [7, 11) is 0.397. The normalized spacial score (nSPS) is 19.5. The lowest BCUT2D eigenvalue weighted by Gasteiger charge is -2.17. The fourth-order valence-electron chi connectivity index (χ4n) is 2.71. The Labute approximate surface area is 160 Å². The lowest BCUT2D eigenvalue weighted by atomic mass is 10.1. The molecule has 1 aliphatic rings. The van der Waals surface area contributed by atoms with Gasteiger partial charge in [0.15, 0.2) is 15.8 Å². The highest BCUT2D eigenvalue weighted by molar-refractivity contribution is 14.0. The van der Waals surface area contributed by atoms with Crippen LogP contribution in [0.25, 0.3) is 0 Å². The van der Waals surface area contributed by atoms with Crippen LogP contribution >= 0.6 is 24.0 Å². The van der Waals surface area contributed by atoms with E-state index in [9.17, 15) is 8.42 Å². The number of sulfone groups is 1. The Morgan fingerprint density at radius 2 is 2.17 bits per heavy atom. The van der Waals surface area contributed by atoms with E-state index in [1.54, 1.807) is 20.4 Å². The molecule has 2 N–H and O–H groups in total. The van der Waals surface area contributed by atoms with Crippen LogP contribution in [-0.2, 0) is 16.4 Å². The summed E-state index contributed by atoms with van der Waals surface area (Å²) in [5.41, 5.74) is 2.85. The molecule has 0 spiro atoms. The maximum absolute atomic E-state index is 11.5. The van der Waals surface area contributed by atoms with Crippen molar-refractivity contribution in [3.8, 4) is 5.75 Å². The Hall–Kier alpha value is -1.10. The molecule has 1 aromatic heterocycles. The smallest absolute Gasteiger partial charge is 0.191 e. The topological polar surface area (TPSA) is 92.7 Å². The average Bonchev–Trinajstić information content (AvgIpc) is 2.84.